The molecule has 0 radical (unpaired) electrons. The Labute approximate surface area is 141 Å². The van der Waals surface area contributed by atoms with E-state index in [9.17, 15) is 4.79 Å². The summed E-state index contributed by atoms with van der Waals surface area (Å²) in [5.41, 5.74) is 0. The lowest BCUT2D eigenvalue weighted by molar-refractivity contribution is -0.143. The van der Waals surface area contributed by atoms with Gasteiger partial charge in [-0.2, -0.15) is 0 Å². The molecular formula is C17H34Cl2O2. The minimum absolute atomic E-state index is 0.0842. The maximum absolute atomic E-state index is 11.0. The van der Waals surface area contributed by atoms with E-state index >= 15 is 0 Å². The molecular weight excluding hydrogens is 307 g/mol. The Morgan fingerprint density at radius 2 is 1.38 bits per heavy atom. The third kappa shape index (κ3) is 25.4. The molecule has 0 aliphatic rings. The van der Waals surface area contributed by atoms with Crippen LogP contribution in [0, 0.1) is 0 Å². The molecule has 0 heterocycles. The van der Waals surface area contributed by atoms with Crippen molar-refractivity contribution >= 4 is 29.2 Å². The van der Waals surface area contributed by atoms with Crippen LogP contribution < -0.4 is 0 Å². The second kappa shape index (κ2) is 20.1. The Morgan fingerprint density at radius 3 is 1.86 bits per heavy atom. The quantitative estimate of drug-likeness (QED) is 0.225. The fraction of sp³-hybridized carbons (Fsp3) is 0.941. The van der Waals surface area contributed by atoms with Gasteiger partial charge in [0.15, 0.2) is 0 Å². The number of unbranched alkanes of at least 4 members (excludes halogenated alkanes) is 7. The highest BCUT2D eigenvalue weighted by molar-refractivity contribution is 6.44. The Kier molecular flexibility index (Phi) is 22.3. The molecule has 21 heavy (non-hydrogen) atoms. The highest BCUT2D eigenvalue weighted by Crippen LogP contribution is 2.14. The number of carbonyl (C=O) groups excluding carboxylic acids is 1. The molecule has 0 saturated carbocycles. The van der Waals surface area contributed by atoms with E-state index in [1.807, 2.05) is 6.92 Å². The first kappa shape index (κ1) is 23.3. The molecule has 0 N–H and O–H groups in total. The molecule has 0 atom stereocenters. The fourth-order valence-corrected chi connectivity index (χ4v) is 2.14. The van der Waals surface area contributed by atoms with E-state index in [1.165, 1.54) is 25.7 Å². The summed E-state index contributed by atoms with van der Waals surface area (Å²) in [6.45, 7) is 6.77. The molecule has 0 bridgehead atoms. The summed E-state index contributed by atoms with van der Waals surface area (Å²) in [6.07, 6.45) is 12.3. The Hall–Kier alpha value is 0.0500. The van der Waals surface area contributed by atoms with Crippen LogP contribution in [0.4, 0.5) is 0 Å². The molecule has 0 aromatic heterocycles. The van der Waals surface area contributed by atoms with Crippen LogP contribution in [0.1, 0.15) is 91.4 Å². The number of halogens is 2. The molecule has 0 unspecified atom stereocenters. The Balaban J connectivity index is 0. The summed E-state index contributed by atoms with van der Waals surface area (Å²) in [7, 11) is 0. The van der Waals surface area contributed by atoms with Crippen LogP contribution in [0.5, 0.6) is 0 Å². The number of alkyl halides is 2. The van der Waals surface area contributed by atoms with Gasteiger partial charge in [-0.25, -0.2) is 0 Å². The monoisotopic (exact) mass is 340 g/mol. The maximum Gasteiger partial charge on any atom is 0.305 e. The number of hydrogen-bond donors (Lipinski definition) is 0. The van der Waals surface area contributed by atoms with Gasteiger partial charge in [-0.15, -0.1) is 23.2 Å². The van der Waals surface area contributed by atoms with Crippen LogP contribution in [-0.2, 0) is 9.53 Å². The van der Waals surface area contributed by atoms with Crippen molar-refractivity contribution < 1.29 is 9.53 Å². The lowest BCUT2D eigenvalue weighted by Crippen LogP contribution is -2.03. The maximum atomic E-state index is 11.0. The number of rotatable bonds is 12. The van der Waals surface area contributed by atoms with Crippen molar-refractivity contribution in [2.45, 2.75) is 96.2 Å². The first-order valence-corrected chi connectivity index (χ1v) is 9.39. The number of esters is 1. The molecule has 0 amide bonds. The zero-order valence-electron chi connectivity index (χ0n) is 14.1. The van der Waals surface area contributed by atoms with Crippen molar-refractivity contribution in [3.63, 3.8) is 0 Å². The topological polar surface area (TPSA) is 26.3 Å². The molecule has 0 aromatic rings. The van der Waals surface area contributed by atoms with Crippen molar-refractivity contribution in [1.82, 2.24) is 0 Å². The van der Waals surface area contributed by atoms with E-state index < -0.39 is 0 Å². The van der Waals surface area contributed by atoms with E-state index in [-0.39, 0.29) is 10.8 Å². The lowest BCUT2D eigenvalue weighted by atomic mass is 10.1. The Morgan fingerprint density at radius 1 is 0.857 bits per heavy atom. The van der Waals surface area contributed by atoms with Crippen LogP contribution in [0.25, 0.3) is 0 Å². The van der Waals surface area contributed by atoms with E-state index in [2.05, 4.69) is 13.8 Å². The van der Waals surface area contributed by atoms with Gasteiger partial charge in [-0.05, 0) is 19.8 Å². The number of carbonyl (C=O) groups is 1. The predicted octanol–water partition coefficient (Wildman–Crippen LogP) is 6.67. The van der Waals surface area contributed by atoms with Crippen molar-refractivity contribution in [1.29, 1.82) is 0 Å². The highest BCUT2D eigenvalue weighted by atomic mass is 35.5. The van der Waals surface area contributed by atoms with E-state index in [4.69, 9.17) is 27.9 Å². The van der Waals surface area contributed by atoms with Crippen LogP contribution >= 0.6 is 23.2 Å². The minimum Gasteiger partial charge on any atom is -0.466 e. The standard InChI is InChI=1S/C11H20Cl2O2.C6H14/c1-2-15-11(14)9-7-5-3-4-6-8-10(12)13;1-3-5-6-4-2/h10H,2-9H2,1H3;3-6H2,1-2H3. The highest BCUT2D eigenvalue weighted by Gasteiger charge is 2.01. The molecule has 0 aliphatic heterocycles. The largest absolute Gasteiger partial charge is 0.466 e. The summed E-state index contributed by atoms with van der Waals surface area (Å²) in [5.74, 6) is -0.0842. The zero-order chi connectivity index (χ0) is 16.3. The molecule has 0 spiro atoms. The van der Waals surface area contributed by atoms with Gasteiger partial charge in [-0.1, -0.05) is 65.2 Å². The smallest absolute Gasteiger partial charge is 0.305 e. The summed E-state index contributed by atoms with van der Waals surface area (Å²) >= 11 is 11.2. The van der Waals surface area contributed by atoms with Crippen LogP contribution in [0.3, 0.4) is 0 Å². The normalized spacial score (nSPS) is 10.2. The fourth-order valence-electron chi connectivity index (χ4n) is 1.83. The lowest BCUT2D eigenvalue weighted by Gasteiger charge is -2.02. The van der Waals surface area contributed by atoms with E-state index in [0.717, 1.165) is 38.5 Å². The summed E-state index contributed by atoms with van der Waals surface area (Å²) in [4.78, 5) is 10.7. The van der Waals surface area contributed by atoms with Crippen LogP contribution in [0.15, 0.2) is 0 Å². The average Bonchev–Trinajstić information content (AvgIpc) is 2.44. The molecule has 2 nitrogen and oxygen atoms in total. The minimum atomic E-state index is -0.232. The molecule has 0 rings (SSSR count). The van der Waals surface area contributed by atoms with Gasteiger partial charge in [0, 0.05) is 6.42 Å². The van der Waals surface area contributed by atoms with Gasteiger partial charge >= 0.3 is 5.97 Å². The molecule has 0 aromatic carbocycles. The average molecular weight is 341 g/mol. The SMILES string of the molecule is CCCCCC.CCOC(=O)CCCCCCCC(Cl)Cl. The van der Waals surface area contributed by atoms with Gasteiger partial charge in [0.05, 0.1) is 6.61 Å². The summed E-state index contributed by atoms with van der Waals surface area (Å²) in [5, 5.41) is 0. The van der Waals surface area contributed by atoms with Crippen molar-refractivity contribution in [2.75, 3.05) is 6.61 Å². The second-order valence-electron chi connectivity index (χ2n) is 5.21. The molecule has 4 heteroatoms. The van der Waals surface area contributed by atoms with Crippen molar-refractivity contribution in [3.05, 3.63) is 0 Å². The summed E-state index contributed by atoms with van der Waals surface area (Å²) < 4.78 is 4.83. The van der Waals surface area contributed by atoms with Crippen LogP contribution in [-0.4, -0.2) is 17.4 Å². The second-order valence-corrected chi connectivity index (χ2v) is 6.49. The number of hydrogen-bond acceptors (Lipinski definition) is 2. The van der Waals surface area contributed by atoms with Crippen molar-refractivity contribution in [3.8, 4) is 0 Å². The zero-order valence-corrected chi connectivity index (χ0v) is 15.6. The third-order valence-corrected chi connectivity index (χ3v) is 3.50. The molecule has 0 saturated heterocycles. The van der Waals surface area contributed by atoms with Crippen molar-refractivity contribution in [2.24, 2.45) is 0 Å². The molecule has 0 fully saturated rings. The summed E-state index contributed by atoms with van der Waals surface area (Å²) in [6, 6.07) is 0. The predicted molar refractivity (Wildman–Crippen MR) is 94.3 cm³/mol. The first-order chi connectivity index (χ1) is 10.1. The Bertz CT molecular complexity index is 205. The van der Waals surface area contributed by atoms with Gasteiger partial charge < -0.3 is 4.74 Å². The van der Waals surface area contributed by atoms with E-state index in [1.54, 1.807) is 0 Å². The number of ether oxygens (including phenoxy) is 1. The first-order valence-electron chi connectivity index (χ1n) is 8.52. The molecule has 0 aliphatic carbocycles. The molecule has 128 valence electrons. The van der Waals surface area contributed by atoms with Gasteiger partial charge in [0.1, 0.15) is 4.84 Å². The van der Waals surface area contributed by atoms with Gasteiger partial charge in [-0.3, -0.25) is 4.79 Å². The third-order valence-electron chi connectivity index (χ3n) is 3.07. The van der Waals surface area contributed by atoms with E-state index in [0.29, 0.717) is 13.0 Å². The van der Waals surface area contributed by atoms with Gasteiger partial charge in [0.25, 0.3) is 0 Å². The van der Waals surface area contributed by atoms with Gasteiger partial charge in [0.2, 0.25) is 0 Å². The van der Waals surface area contributed by atoms with Crippen LogP contribution in [0.2, 0.25) is 0 Å².